The summed E-state index contributed by atoms with van der Waals surface area (Å²) in [7, 11) is 0. The first-order chi connectivity index (χ1) is 10.2. The van der Waals surface area contributed by atoms with Gasteiger partial charge in [-0.05, 0) is 31.0 Å². The Balaban J connectivity index is 1.65. The van der Waals surface area contributed by atoms with E-state index in [2.05, 4.69) is 15.5 Å². The lowest BCUT2D eigenvalue weighted by atomic mass is 10.2. The van der Waals surface area contributed by atoms with Crippen molar-refractivity contribution in [3.63, 3.8) is 0 Å². The molecule has 0 unspecified atom stereocenters. The van der Waals surface area contributed by atoms with Crippen LogP contribution in [-0.2, 0) is 19.6 Å². The molecule has 0 saturated heterocycles. The molecule has 1 aromatic heterocycles. The number of ether oxygens (including phenoxy) is 1. The highest BCUT2D eigenvalue weighted by atomic mass is 19.1. The van der Waals surface area contributed by atoms with Crippen LogP contribution in [0.1, 0.15) is 37.1 Å². The summed E-state index contributed by atoms with van der Waals surface area (Å²) in [4.78, 5) is 0. The van der Waals surface area contributed by atoms with Crippen LogP contribution in [0.25, 0.3) is 0 Å². The maximum absolute atomic E-state index is 13.4. The second kappa shape index (κ2) is 6.22. The molecule has 21 heavy (non-hydrogen) atoms. The molecule has 1 fully saturated rings. The van der Waals surface area contributed by atoms with Crippen molar-refractivity contribution in [2.45, 2.75) is 45.4 Å². The normalized spacial score (nSPS) is 14.4. The summed E-state index contributed by atoms with van der Waals surface area (Å²) >= 11 is 0. The van der Waals surface area contributed by atoms with Crippen molar-refractivity contribution in [2.24, 2.45) is 0 Å². The number of nitrogens with one attached hydrogen (secondary N) is 1. The maximum Gasteiger partial charge on any atom is 0.253 e. The number of nitrogens with zero attached hydrogens (tertiary/aromatic N) is 2. The van der Waals surface area contributed by atoms with Crippen LogP contribution in [0.2, 0.25) is 0 Å². The molecule has 112 valence electrons. The van der Waals surface area contributed by atoms with Crippen molar-refractivity contribution >= 4 is 0 Å². The molecule has 1 heterocycles. The standard InChI is InChI=1S/C15H18FN3O2/c1-2-14-18-19-15(21-14)9-20-13-6-3-11(16)7-10(13)8-17-12-4-5-12/h3,6-7,12,17H,2,4-5,8-9H2,1H3. The summed E-state index contributed by atoms with van der Waals surface area (Å²) in [6, 6.07) is 5.08. The number of rotatable bonds is 7. The van der Waals surface area contributed by atoms with Crippen molar-refractivity contribution in [1.82, 2.24) is 15.5 Å². The van der Waals surface area contributed by atoms with E-state index >= 15 is 0 Å². The van der Waals surface area contributed by atoms with Crippen LogP contribution in [0, 0.1) is 5.82 Å². The quantitative estimate of drug-likeness (QED) is 0.849. The van der Waals surface area contributed by atoms with Gasteiger partial charge in [-0.15, -0.1) is 10.2 Å². The number of aryl methyl sites for hydroxylation is 1. The van der Waals surface area contributed by atoms with E-state index in [1.165, 1.54) is 25.0 Å². The first-order valence-corrected chi connectivity index (χ1v) is 7.20. The number of hydrogen-bond donors (Lipinski definition) is 1. The Bertz CT molecular complexity index is 611. The Labute approximate surface area is 122 Å². The maximum atomic E-state index is 13.4. The Morgan fingerprint density at radius 3 is 2.86 bits per heavy atom. The largest absolute Gasteiger partial charge is 0.483 e. The van der Waals surface area contributed by atoms with Gasteiger partial charge in [0, 0.05) is 24.6 Å². The topological polar surface area (TPSA) is 60.2 Å². The van der Waals surface area contributed by atoms with Gasteiger partial charge in [0.25, 0.3) is 5.89 Å². The zero-order chi connectivity index (χ0) is 14.7. The fourth-order valence-corrected chi connectivity index (χ4v) is 2.00. The molecule has 2 aromatic rings. The van der Waals surface area contributed by atoms with Gasteiger partial charge in [-0.1, -0.05) is 6.92 Å². The number of benzene rings is 1. The summed E-state index contributed by atoms with van der Waals surface area (Å²) in [5, 5.41) is 11.1. The summed E-state index contributed by atoms with van der Waals surface area (Å²) in [5.74, 6) is 1.39. The van der Waals surface area contributed by atoms with Crippen LogP contribution in [0.15, 0.2) is 22.6 Å². The van der Waals surface area contributed by atoms with E-state index in [1.54, 1.807) is 6.07 Å². The molecule has 1 aliphatic rings. The summed E-state index contributed by atoms with van der Waals surface area (Å²) in [6.45, 7) is 2.73. The van der Waals surface area contributed by atoms with Gasteiger partial charge in [0.2, 0.25) is 5.89 Å². The van der Waals surface area contributed by atoms with E-state index < -0.39 is 0 Å². The predicted octanol–water partition coefficient (Wildman–Crippen LogP) is 2.60. The molecule has 0 spiro atoms. The SMILES string of the molecule is CCc1nnc(COc2ccc(F)cc2CNC2CC2)o1. The smallest absolute Gasteiger partial charge is 0.253 e. The van der Waals surface area contributed by atoms with Gasteiger partial charge in [-0.25, -0.2) is 4.39 Å². The van der Waals surface area contributed by atoms with Crippen LogP contribution >= 0.6 is 0 Å². The van der Waals surface area contributed by atoms with Gasteiger partial charge in [0.1, 0.15) is 11.6 Å². The average Bonchev–Trinajstić information content (AvgIpc) is 3.21. The molecular formula is C15H18FN3O2. The molecular weight excluding hydrogens is 273 g/mol. The minimum atomic E-state index is -0.263. The third-order valence-corrected chi connectivity index (χ3v) is 3.34. The highest BCUT2D eigenvalue weighted by molar-refractivity contribution is 5.34. The van der Waals surface area contributed by atoms with Crippen molar-refractivity contribution in [3.05, 3.63) is 41.4 Å². The van der Waals surface area contributed by atoms with Gasteiger partial charge < -0.3 is 14.5 Å². The van der Waals surface area contributed by atoms with Crippen molar-refractivity contribution < 1.29 is 13.5 Å². The van der Waals surface area contributed by atoms with E-state index in [9.17, 15) is 4.39 Å². The Morgan fingerprint density at radius 1 is 1.33 bits per heavy atom. The predicted molar refractivity (Wildman–Crippen MR) is 74.3 cm³/mol. The van der Waals surface area contributed by atoms with Crippen molar-refractivity contribution in [1.29, 1.82) is 0 Å². The van der Waals surface area contributed by atoms with Gasteiger partial charge in [0.05, 0.1) is 0 Å². The Morgan fingerprint density at radius 2 is 2.14 bits per heavy atom. The number of aromatic nitrogens is 2. The highest BCUT2D eigenvalue weighted by Gasteiger charge is 2.21. The summed E-state index contributed by atoms with van der Waals surface area (Å²) in [5.41, 5.74) is 0.803. The van der Waals surface area contributed by atoms with Crippen molar-refractivity contribution in [2.75, 3.05) is 0 Å². The minimum absolute atomic E-state index is 0.190. The molecule has 1 saturated carbocycles. The van der Waals surface area contributed by atoms with Crippen molar-refractivity contribution in [3.8, 4) is 5.75 Å². The van der Waals surface area contributed by atoms with Crippen LogP contribution in [0.3, 0.4) is 0 Å². The second-order valence-electron chi connectivity index (χ2n) is 5.14. The molecule has 3 rings (SSSR count). The molecule has 5 nitrogen and oxygen atoms in total. The van der Waals surface area contributed by atoms with Crippen LogP contribution in [-0.4, -0.2) is 16.2 Å². The lowest BCUT2D eigenvalue weighted by Crippen LogP contribution is -2.16. The van der Waals surface area contributed by atoms with E-state index in [4.69, 9.17) is 9.15 Å². The third kappa shape index (κ3) is 3.78. The average molecular weight is 291 g/mol. The number of halogens is 1. The number of hydrogen-bond acceptors (Lipinski definition) is 5. The molecule has 6 heteroatoms. The Kier molecular flexibility index (Phi) is 4.15. The summed E-state index contributed by atoms with van der Waals surface area (Å²) in [6.07, 6.45) is 3.07. The van der Waals surface area contributed by atoms with E-state index in [1.807, 2.05) is 6.92 Å². The second-order valence-corrected chi connectivity index (χ2v) is 5.14. The monoisotopic (exact) mass is 291 g/mol. The lowest BCUT2D eigenvalue weighted by Gasteiger charge is -2.11. The molecule has 0 atom stereocenters. The van der Waals surface area contributed by atoms with E-state index in [0.29, 0.717) is 36.5 Å². The molecule has 0 amide bonds. The van der Waals surface area contributed by atoms with Crippen LogP contribution in [0.5, 0.6) is 5.75 Å². The molecule has 0 aliphatic heterocycles. The van der Waals surface area contributed by atoms with E-state index in [0.717, 1.165) is 5.56 Å². The van der Waals surface area contributed by atoms with E-state index in [-0.39, 0.29) is 12.4 Å². The summed E-state index contributed by atoms with van der Waals surface area (Å²) < 4.78 is 24.5. The molecule has 0 radical (unpaired) electrons. The molecule has 1 N–H and O–H groups in total. The third-order valence-electron chi connectivity index (χ3n) is 3.34. The Hall–Kier alpha value is -1.95. The first kappa shape index (κ1) is 14.0. The van der Waals surface area contributed by atoms with Gasteiger partial charge in [0.15, 0.2) is 6.61 Å². The first-order valence-electron chi connectivity index (χ1n) is 7.20. The van der Waals surface area contributed by atoms with Crippen LogP contribution < -0.4 is 10.1 Å². The van der Waals surface area contributed by atoms with Crippen LogP contribution in [0.4, 0.5) is 4.39 Å². The molecule has 1 aliphatic carbocycles. The lowest BCUT2D eigenvalue weighted by molar-refractivity contribution is 0.256. The highest BCUT2D eigenvalue weighted by Crippen LogP contribution is 2.24. The van der Waals surface area contributed by atoms with Gasteiger partial charge in [-0.3, -0.25) is 0 Å². The zero-order valence-electron chi connectivity index (χ0n) is 11.9. The fraction of sp³-hybridized carbons (Fsp3) is 0.467. The van der Waals surface area contributed by atoms with Gasteiger partial charge >= 0.3 is 0 Å². The van der Waals surface area contributed by atoms with Gasteiger partial charge in [-0.2, -0.15) is 0 Å². The molecule has 0 bridgehead atoms. The minimum Gasteiger partial charge on any atom is -0.483 e. The molecule has 1 aromatic carbocycles. The fourth-order valence-electron chi connectivity index (χ4n) is 2.00. The zero-order valence-corrected chi connectivity index (χ0v) is 11.9.